The number of carbonyl (C=O) groups excluding carboxylic acids is 1. The Morgan fingerprint density at radius 1 is 1.00 bits per heavy atom. The van der Waals surface area contributed by atoms with Gasteiger partial charge in [-0.15, -0.1) is 0 Å². The molecule has 0 spiro atoms. The number of ether oxygens (including phenoxy) is 2. The molecule has 30 heavy (non-hydrogen) atoms. The fourth-order valence-electron chi connectivity index (χ4n) is 2.43. The van der Waals surface area contributed by atoms with Gasteiger partial charge in [0.25, 0.3) is 5.91 Å². The van der Waals surface area contributed by atoms with Gasteiger partial charge in [-0.05, 0) is 35.9 Å². The standard InChI is InChI=1S/C22H17BrCl2N2O3/c23-17-9-10-19(29-13-15-5-2-1-3-6-15)16(11-17)12-26-27-21(28)14-30-20-8-4-7-18(24)22(20)25/h1-12H,13-14H2,(H,27,28)/b26-12+. The first-order valence-electron chi connectivity index (χ1n) is 8.88. The molecule has 0 saturated carbocycles. The molecule has 1 amide bonds. The third kappa shape index (κ3) is 6.49. The Kier molecular flexibility index (Phi) is 8.13. The summed E-state index contributed by atoms with van der Waals surface area (Å²) in [5.41, 5.74) is 4.17. The minimum atomic E-state index is -0.441. The maximum atomic E-state index is 12.0. The number of benzene rings is 3. The molecule has 0 bridgehead atoms. The molecule has 0 atom stereocenters. The minimum absolute atomic E-state index is 0.254. The highest BCUT2D eigenvalue weighted by atomic mass is 79.9. The Labute approximate surface area is 192 Å². The molecule has 5 nitrogen and oxygen atoms in total. The average molecular weight is 508 g/mol. The maximum Gasteiger partial charge on any atom is 0.277 e. The van der Waals surface area contributed by atoms with Gasteiger partial charge in [0.2, 0.25) is 0 Å². The molecule has 0 heterocycles. The Hall–Kier alpha value is -2.54. The van der Waals surface area contributed by atoms with Gasteiger partial charge in [-0.1, -0.05) is 75.5 Å². The zero-order chi connectivity index (χ0) is 21.3. The number of halogens is 3. The van der Waals surface area contributed by atoms with E-state index < -0.39 is 5.91 Å². The smallest absolute Gasteiger partial charge is 0.277 e. The van der Waals surface area contributed by atoms with Crippen LogP contribution in [0.25, 0.3) is 0 Å². The maximum absolute atomic E-state index is 12.0. The van der Waals surface area contributed by atoms with E-state index in [2.05, 4.69) is 26.5 Å². The first-order valence-corrected chi connectivity index (χ1v) is 10.4. The summed E-state index contributed by atoms with van der Waals surface area (Å²) < 4.78 is 12.1. The largest absolute Gasteiger partial charge is 0.488 e. The van der Waals surface area contributed by atoms with Gasteiger partial charge in [-0.25, -0.2) is 5.43 Å². The Balaban J connectivity index is 1.57. The van der Waals surface area contributed by atoms with Crippen LogP contribution in [0.15, 0.2) is 76.3 Å². The number of nitrogens with zero attached hydrogens (tertiary/aromatic N) is 1. The van der Waals surface area contributed by atoms with Crippen LogP contribution in [0.3, 0.4) is 0 Å². The predicted octanol–water partition coefficient (Wildman–Crippen LogP) is 5.86. The molecule has 3 aromatic rings. The Morgan fingerprint density at radius 2 is 1.80 bits per heavy atom. The molecule has 0 aliphatic carbocycles. The second kappa shape index (κ2) is 11.0. The fourth-order valence-corrected chi connectivity index (χ4v) is 3.16. The zero-order valence-corrected chi connectivity index (χ0v) is 18.7. The van der Waals surface area contributed by atoms with Crippen molar-refractivity contribution in [1.82, 2.24) is 5.43 Å². The van der Waals surface area contributed by atoms with Crippen LogP contribution in [0.2, 0.25) is 10.0 Å². The molecule has 0 saturated heterocycles. The van der Waals surface area contributed by atoms with Gasteiger partial charge in [0, 0.05) is 10.0 Å². The number of nitrogens with one attached hydrogen (secondary N) is 1. The summed E-state index contributed by atoms with van der Waals surface area (Å²) in [6.07, 6.45) is 1.51. The van der Waals surface area contributed by atoms with Crippen molar-refractivity contribution in [3.05, 3.63) is 92.4 Å². The number of amides is 1. The van der Waals surface area contributed by atoms with Crippen molar-refractivity contribution in [1.29, 1.82) is 0 Å². The molecule has 3 aromatic carbocycles. The molecule has 3 rings (SSSR count). The van der Waals surface area contributed by atoms with Crippen molar-refractivity contribution in [2.45, 2.75) is 6.61 Å². The van der Waals surface area contributed by atoms with E-state index in [4.69, 9.17) is 32.7 Å². The molecule has 0 aliphatic rings. The highest BCUT2D eigenvalue weighted by molar-refractivity contribution is 9.10. The second-order valence-electron chi connectivity index (χ2n) is 6.09. The fraction of sp³-hybridized carbons (Fsp3) is 0.0909. The van der Waals surface area contributed by atoms with E-state index >= 15 is 0 Å². The van der Waals surface area contributed by atoms with Gasteiger partial charge >= 0.3 is 0 Å². The molecule has 154 valence electrons. The third-order valence-corrected chi connectivity index (χ3v) is 5.17. The summed E-state index contributed by atoms with van der Waals surface area (Å²) >= 11 is 15.4. The lowest BCUT2D eigenvalue weighted by molar-refractivity contribution is -0.123. The lowest BCUT2D eigenvalue weighted by Gasteiger charge is -2.10. The summed E-state index contributed by atoms with van der Waals surface area (Å²) in [7, 11) is 0. The lowest BCUT2D eigenvalue weighted by atomic mass is 10.2. The molecule has 0 aromatic heterocycles. The van der Waals surface area contributed by atoms with E-state index in [0.29, 0.717) is 28.7 Å². The van der Waals surface area contributed by atoms with E-state index in [-0.39, 0.29) is 11.6 Å². The molecular weight excluding hydrogens is 491 g/mol. The van der Waals surface area contributed by atoms with Crippen molar-refractivity contribution >= 4 is 51.3 Å². The molecular formula is C22H17BrCl2N2O3. The molecule has 0 radical (unpaired) electrons. The van der Waals surface area contributed by atoms with Gasteiger partial charge in [0.05, 0.1) is 11.2 Å². The first-order chi connectivity index (χ1) is 14.5. The van der Waals surface area contributed by atoms with Crippen LogP contribution in [0.5, 0.6) is 11.5 Å². The highest BCUT2D eigenvalue weighted by Crippen LogP contribution is 2.31. The molecule has 8 heteroatoms. The van der Waals surface area contributed by atoms with Crippen molar-refractivity contribution in [3.8, 4) is 11.5 Å². The van der Waals surface area contributed by atoms with Gasteiger partial charge in [-0.3, -0.25) is 4.79 Å². The van der Waals surface area contributed by atoms with Crippen molar-refractivity contribution in [2.75, 3.05) is 6.61 Å². The monoisotopic (exact) mass is 506 g/mol. The summed E-state index contributed by atoms with van der Waals surface area (Å²) in [6.45, 7) is 0.164. The number of rotatable bonds is 8. The van der Waals surface area contributed by atoms with E-state index in [1.165, 1.54) is 6.21 Å². The SMILES string of the molecule is O=C(COc1cccc(Cl)c1Cl)N/N=C/c1cc(Br)ccc1OCc1ccccc1. The van der Waals surface area contributed by atoms with Crippen LogP contribution in [0, 0.1) is 0 Å². The number of hydrazone groups is 1. The lowest BCUT2D eigenvalue weighted by Crippen LogP contribution is -2.24. The van der Waals surface area contributed by atoms with E-state index in [1.807, 2.05) is 48.5 Å². The van der Waals surface area contributed by atoms with Crippen LogP contribution in [-0.2, 0) is 11.4 Å². The molecule has 0 aliphatic heterocycles. The van der Waals surface area contributed by atoms with E-state index in [1.54, 1.807) is 18.2 Å². The van der Waals surface area contributed by atoms with Crippen LogP contribution in [0.4, 0.5) is 0 Å². The van der Waals surface area contributed by atoms with Gasteiger partial charge in [0.1, 0.15) is 23.1 Å². The summed E-state index contributed by atoms with van der Waals surface area (Å²) in [5.74, 6) is 0.526. The van der Waals surface area contributed by atoms with Crippen LogP contribution in [0.1, 0.15) is 11.1 Å². The van der Waals surface area contributed by atoms with Crippen LogP contribution < -0.4 is 14.9 Å². The summed E-state index contributed by atoms with van der Waals surface area (Å²) in [5, 5.41) is 4.59. The third-order valence-electron chi connectivity index (χ3n) is 3.88. The quantitative estimate of drug-likeness (QED) is 0.306. The molecule has 0 fully saturated rings. The van der Waals surface area contributed by atoms with Crippen molar-refractivity contribution < 1.29 is 14.3 Å². The van der Waals surface area contributed by atoms with Crippen LogP contribution >= 0.6 is 39.1 Å². The highest BCUT2D eigenvalue weighted by Gasteiger charge is 2.08. The molecule has 1 N–H and O–H groups in total. The Bertz CT molecular complexity index is 1050. The summed E-state index contributed by atoms with van der Waals surface area (Å²) in [4.78, 5) is 12.0. The topological polar surface area (TPSA) is 59.9 Å². The Morgan fingerprint density at radius 3 is 2.60 bits per heavy atom. The predicted molar refractivity (Wildman–Crippen MR) is 123 cm³/mol. The van der Waals surface area contributed by atoms with Gasteiger partial charge < -0.3 is 9.47 Å². The van der Waals surface area contributed by atoms with Gasteiger partial charge in [0.15, 0.2) is 6.61 Å². The minimum Gasteiger partial charge on any atom is -0.488 e. The molecule has 0 unspecified atom stereocenters. The number of hydrogen-bond acceptors (Lipinski definition) is 4. The van der Waals surface area contributed by atoms with Crippen LogP contribution in [-0.4, -0.2) is 18.7 Å². The van der Waals surface area contributed by atoms with Gasteiger partial charge in [-0.2, -0.15) is 5.10 Å². The van der Waals surface area contributed by atoms with E-state index in [0.717, 1.165) is 10.0 Å². The zero-order valence-electron chi connectivity index (χ0n) is 15.6. The van der Waals surface area contributed by atoms with E-state index in [9.17, 15) is 4.79 Å². The second-order valence-corrected chi connectivity index (χ2v) is 7.79. The number of hydrogen-bond donors (Lipinski definition) is 1. The van der Waals surface area contributed by atoms with Crippen molar-refractivity contribution in [3.63, 3.8) is 0 Å². The average Bonchev–Trinajstić information content (AvgIpc) is 2.75. The van der Waals surface area contributed by atoms with Crippen molar-refractivity contribution in [2.24, 2.45) is 5.10 Å². The summed E-state index contributed by atoms with van der Waals surface area (Å²) in [6, 6.07) is 20.3. The first kappa shape index (κ1) is 22.2. The number of carbonyl (C=O) groups is 1. The normalized spacial score (nSPS) is 10.8.